The van der Waals surface area contributed by atoms with Crippen molar-refractivity contribution in [3.05, 3.63) is 81.7 Å². The quantitative estimate of drug-likeness (QED) is 0.564. The van der Waals surface area contributed by atoms with Gasteiger partial charge in [-0.3, -0.25) is 14.9 Å². The Morgan fingerprint density at radius 1 is 1.04 bits per heavy atom. The van der Waals surface area contributed by atoms with Crippen molar-refractivity contribution in [3.63, 3.8) is 0 Å². The molecule has 2 aromatic carbocycles. The molecule has 0 unspecified atom stereocenters. The summed E-state index contributed by atoms with van der Waals surface area (Å²) in [5, 5.41) is 15.6. The highest BCUT2D eigenvalue weighted by Crippen LogP contribution is 2.31. The lowest BCUT2D eigenvalue weighted by atomic mass is 10.1. The molecule has 0 radical (unpaired) electrons. The molecule has 0 aliphatic heterocycles. The van der Waals surface area contributed by atoms with Gasteiger partial charge in [0, 0.05) is 33.8 Å². The highest BCUT2D eigenvalue weighted by molar-refractivity contribution is 7.13. The highest BCUT2D eigenvalue weighted by Gasteiger charge is 2.13. The third-order valence-electron chi connectivity index (χ3n) is 3.28. The van der Waals surface area contributed by atoms with Gasteiger partial charge < -0.3 is 5.32 Å². The van der Waals surface area contributed by atoms with Crippen LogP contribution in [0.1, 0.15) is 10.4 Å². The van der Waals surface area contributed by atoms with Crippen molar-refractivity contribution in [3.8, 4) is 10.4 Å². The van der Waals surface area contributed by atoms with Gasteiger partial charge >= 0.3 is 0 Å². The van der Waals surface area contributed by atoms with E-state index in [9.17, 15) is 14.9 Å². The van der Waals surface area contributed by atoms with E-state index in [4.69, 9.17) is 0 Å². The van der Waals surface area contributed by atoms with Crippen molar-refractivity contribution in [2.75, 3.05) is 5.32 Å². The number of thiophene rings is 1. The predicted octanol–water partition coefficient (Wildman–Crippen LogP) is 4.58. The Labute approximate surface area is 136 Å². The third-order valence-corrected chi connectivity index (χ3v) is 4.18. The Morgan fingerprint density at radius 3 is 2.61 bits per heavy atom. The van der Waals surface area contributed by atoms with E-state index in [2.05, 4.69) is 5.32 Å². The van der Waals surface area contributed by atoms with Crippen molar-refractivity contribution >= 4 is 28.6 Å². The predicted molar refractivity (Wildman–Crippen MR) is 90.8 cm³/mol. The van der Waals surface area contributed by atoms with E-state index < -0.39 is 4.92 Å². The molecule has 1 heterocycles. The molecule has 3 rings (SSSR count). The number of carbonyl (C=O) groups excluding carboxylic acids is 1. The summed E-state index contributed by atoms with van der Waals surface area (Å²) in [6.07, 6.45) is 0. The van der Waals surface area contributed by atoms with E-state index >= 15 is 0 Å². The Bertz CT molecular complexity index is 860. The molecule has 0 atom stereocenters. The lowest BCUT2D eigenvalue weighted by molar-refractivity contribution is -0.384. The maximum Gasteiger partial charge on any atom is 0.270 e. The molecule has 114 valence electrons. The van der Waals surface area contributed by atoms with Gasteiger partial charge in [0.25, 0.3) is 11.6 Å². The molecular weight excluding hydrogens is 312 g/mol. The minimum Gasteiger partial charge on any atom is -0.321 e. The van der Waals surface area contributed by atoms with Crippen molar-refractivity contribution in [1.82, 2.24) is 0 Å². The molecule has 0 saturated heterocycles. The molecule has 1 aromatic heterocycles. The van der Waals surface area contributed by atoms with Gasteiger partial charge in [-0.15, -0.1) is 11.3 Å². The summed E-state index contributed by atoms with van der Waals surface area (Å²) in [4.78, 5) is 23.7. The van der Waals surface area contributed by atoms with Crippen LogP contribution in [-0.2, 0) is 0 Å². The van der Waals surface area contributed by atoms with E-state index in [-0.39, 0.29) is 17.2 Å². The molecule has 1 N–H and O–H groups in total. The maximum atomic E-state index is 12.4. The first-order valence-corrected chi connectivity index (χ1v) is 7.72. The second kappa shape index (κ2) is 6.41. The Kier molecular flexibility index (Phi) is 4.16. The summed E-state index contributed by atoms with van der Waals surface area (Å²) < 4.78 is 0. The lowest BCUT2D eigenvalue weighted by Gasteiger charge is -2.10. The SMILES string of the molecule is O=C(Nc1ccccc1-c1cccs1)c1cccc([N+](=O)[O-])c1. The molecule has 0 bridgehead atoms. The summed E-state index contributed by atoms with van der Waals surface area (Å²) in [6, 6.07) is 17.1. The Hall–Kier alpha value is -2.99. The normalized spacial score (nSPS) is 10.3. The maximum absolute atomic E-state index is 12.4. The zero-order valence-electron chi connectivity index (χ0n) is 11.9. The van der Waals surface area contributed by atoms with Crippen molar-refractivity contribution in [1.29, 1.82) is 0 Å². The molecule has 5 nitrogen and oxygen atoms in total. The molecule has 3 aromatic rings. The molecular formula is C17H12N2O3S. The minimum atomic E-state index is -0.517. The van der Waals surface area contributed by atoms with Crippen LogP contribution in [-0.4, -0.2) is 10.8 Å². The second-order valence-corrected chi connectivity index (χ2v) is 5.73. The van der Waals surface area contributed by atoms with Gasteiger partial charge in [-0.2, -0.15) is 0 Å². The molecule has 0 spiro atoms. The van der Waals surface area contributed by atoms with Crippen LogP contribution >= 0.6 is 11.3 Å². The zero-order chi connectivity index (χ0) is 16.2. The number of nitrogens with zero attached hydrogens (tertiary/aromatic N) is 1. The van der Waals surface area contributed by atoms with E-state index in [0.29, 0.717) is 5.69 Å². The first-order chi connectivity index (χ1) is 11.1. The third kappa shape index (κ3) is 3.27. The minimum absolute atomic E-state index is 0.107. The number of non-ortho nitro benzene ring substituents is 1. The fourth-order valence-corrected chi connectivity index (χ4v) is 2.96. The standard InChI is InChI=1S/C17H12N2O3S/c20-17(12-5-3-6-13(11-12)19(21)22)18-15-8-2-1-7-14(15)16-9-4-10-23-16/h1-11H,(H,18,20). The number of rotatable bonds is 4. The molecule has 1 amide bonds. The van der Waals surface area contributed by atoms with E-state index in [0.717, 1.165) is 10.4 Å². The number of nitro benzene ring substituents is 1. The van der Waals surface area contributed by atoms with Crippen molar-refractivity contribution in [2.45, 2.75) is 0 Å². The average molecular weight is 324 g/mol. The molecule has 6 heteroatoms. The van der Waals surface area contributed by atoms with Gasteiger partial charge in [-0.1, -0.05) is 30.3 Å². The first kappa shape index (κ1) is 14.9. The van der Waals surface area contributed by atoms with Crippen LogP contribution in [0.25, 0.3) is 10.4 Å². The largest absolute Gasteiger partial charge is 0.321 e. The van der Waals surface area contributed by atoms with Crippen molar-refractivity contribution < 1.29 is 9.72 Å². The van der Waals surface area contributed by atoms with Gasteiger partial charge in [0.1, 0.15) is 0 Å². The Morgan fingerprint density at radius 2 is 1.87 bits per heavy atom. The number of carbonyl (C=O) groups is 1. The van der Waals surface area contributed by atoms with Crippen LogP contribution in [0.2, 0.25) is 0 Å². The molecule has 0 fully saturated rings. The number of nitrogens with one attached hydrogen (secondary N) is 1. The van der Waals surface area contributed by atoms with Crippen molar-refractivity contribution in [2.24, 2.45) is 0 Å². The Balaban J connectivity index is 1.89. The van der Waals surface area contributed by atoms with Gasteiger partial charge in [0.15, 0.2) is 0 Å². The fourth-order valence-electron chi connectivity index (χ4n) is 2.19. The number of benzene rings is 2. The van der Waals surface area contributed by atoms with E-state index in [1.54, 1.807) is 17.4 Å². The van der Waals surface area contributed by atoms with Crippen LogP contribution in [0.3, 0.4) is 0 Å². The smallest absolute Gasteiger partial charge is 0.270 e. The highest BCUT2D eigenvalue weighted by atomic mass is 32.1. The monoisotopic (exact) mass is 324 g/mol. The number of nitro groups is 1. The first-order valence-electron chi connectivity index (χ1n) is 6.84. The number of hydrogen-bond acceptors (Lipinski definition) is 4. The van der Waals surface area contributed by atoms with Gasteiger partial charge in [-0.25, -0.2) is 0 Å². The number of para-hydroxylation sites is 1. The van der Waals surface area contributed by atoms with Gasteiger partial charge in [0.2, 0.25) is 0 Å². The van der Waals surface area contributed by atoms with Crippen LogP contribution < -0.4 is 5.32 Å². The number of amides is 1. The van der Waals surface area contributed by atoms with E-state index in [1.807, 2.05) is 41.8 Å². The summed E-state index contributed by atoms with van der Waals surface area (Å²) in [5.74, 6) is -0.377. The molecule has 0 aliphatic carbocycles. The van der Waals surface area contributed by atoms with E-state index in [1.165, 1.54) is 18.2 Å². The van der Waals surface area contributed by atoms with Crippen LogP contribution in [0.5, 0.6) is 0 Å². The summed E-state index contributed by atoms with van der Waals surface area (Å²) in [6.45, 7) is 0. The fraction of sp³-hybridized carbons (Fsp3) is 0. The summed E-state index contributed by atoms with van der Waals surface area (Å²) in [5.41, 5.74) is 1.73. The topological polar surface area (TPSA) is 72.2 Å². The zero-order valence-corrected chi connectivity index (χ0v) is 12.7. The average Bonchev–Trinajstić information content (AvgIpc) is 3.09. The lowest BCUT2D eigenvalue weighted by Crippen LogP contribution is -2.12. The molecule has 0 saturated carbocycles. The second-order valence-electron chi connectivity index (χ2n) is 4.78. The molecule has 23 heavy (non-hydrogen) atoms. The van der Waals surface area contributed by atoms with Gasteiger partial charge in [-0.05, 0) is 23.6 Å². The molecule has 0 aliphatic rings. The number of hydrogen-bond donors (Lipinski definition) is 1. The van der Waals surface area contributed by atoms with Crippen LogP contribution in [0.4, 0.5) is 11.4 Å². The summed E-state index contributed by atoms with van der Waals surface area (Å²) >= 11 is 1.58. The van der Waals surface area contributed by atoms with Gasteiger partial charge in [0.05, 0.1) is 4.92 Å². The summed E-state index contributed by atoms with van der Waals surface area (Å²) in [7, 11) is 0. The van der Waals surface area contributed by atoms with Crippen LogP contribution in [0.15, 0.2) is 66.0 Å². The van der Waals surface area contributed by atoms with Crippen LogP contribution in [0, 0.1) is 10.1 Å². The number of anilines is 1.